The molecule has 168 valence electrons. The van der Waals surface area contributed by atoms with Crippen LogP contribution in [-0.2, 0) is 16.0 Å². The molecule has 9 heteroatoms. The van der Waals surface area contributed by atoms with Crippen molar-refractivity contribution in [3.8, 4) is 0 Å². The lowest BCUT2D eigenvalue weighted by molar-refractivity contribution is -0.134. The van der Waals surface area contributed by atoms with Gasteiger partial charge in [-0.1, -0.05) is 44.4 Å². The Bertz CT molecular complexity index is 934. The molecule has 7 nitrogen and oxygen atoms in total. The number of hydrogen-bond acceptors (Lipinski definition) is 7. The number of carboxylic acids is 1. The molecule has 0 radical (unpaired) electrons. The van der Waals surface area contributed by atoms with Crippen LogP contribution in [0.3, 0.4) is 0 Å². The maximum Gasteiger partial charge on any atom is 0.313 e. The molecule has 0 atom stereocenters. The monoisotopic (exact) mass is 462 g/mol. The van der Waals surface area contributed by atoms with Crippen LogP contribution in [0.1, 0.15) is 50.3 Å². The standard InChI is InChI=1S/C22H30N4O3S2/c1-2-16-13-17-20(23-22(24-21(17)31-16)30-14-19(28)29)26-11-9-25(10-12-26)18(27)8-7-15-5-3-4-6-15/h13,15H,2-12,14H2,1H3,(H,28,29). The van der Waals surface area contributed by atoms with Gasteiger partial charge in [0.25, 0.3) is 0 Å². The Morgan fingerprint density at radius 3 is 2.61 bits per heavy atom. The van der Waals surface area contributed by atoms with Gasteiger partial charge in [-0.05, 0) is 24.8 Å². The van der Waals surface area contributed by atoms with E-state index >= 15 is 0 Å². The molecule has 0 spiro atoms. The SMILES string of the molecule is CCc1cc2c(N3CCN(C(=O)CCC4CCCC4)CC3)nc(SCC(=O)O)nc2s1. The summed E-state index contributed by atoms with van der Waals surface area (Å²) in [4.78, 5) is 39.4. The lowest BCUT2D eigenvalue weighted by Crippen LogP contribution is -2.49. The van der Waals surface area contributed by atoms with Gasteiger partial charge in [0.05, 0.1) is 11.1 Å². The van der Waals surface area contributed by atoms with Crippen molar-refractivity contribution in [2.75, 3.05) is 36.8 Å². The first-order valence-corrected chi connectivity index (χ1v) is 13.0. The Hall–Kier alpha value is -1.87. The van der Waals surface area contributed by atoms with Crippen molar-refractivity contribution in [2.45, 2.75) is 57.0 Å². The van der Waals surface area contributed by atoms with Crippen LogP contribution in [0.5, 0.6) is 0 Å². The van der Waals surface area contributed by atoms with Crippen molar-refractivity contribution >= 4 is 51.0 Å². The van der Waals surface area contributed by atoms with Gasteiger partial charge in [0.2, 0.25) is 5.91 Å². The number of thiophene rings is 1. The van der Waals surface area contributed by atoms with Crippen LogP contribution in [0, 0.1) is 5.92 Å². The number of carbonyl (C=O) groups excluding carboxylic acids is 1. The second kappa shape index (κ2) is 10.2. The Morgan fingerprint density at radius 1 is 1.19 bits per heavy atom. The second-order valence-electron chi connectivity index (χ2n) is 8.35. The first kappa shape index (κ1) is 22.3. The number of thioether (sulfide) groups is 1. The molecule has 1 aliphatic heterocycles. The number of amides is 1. The summed E-state index contributed by atoms with van der Waals surface area (Å²) in [5, 5.41) is 10.6. The number of carboxylic acid groups (broad SMARTS) is 1. The average molecular weight is 463 g/mol. The number of anilines is 1. The Labute approximate surface area is 191 Å². The highest BCUT2D eigenvalue weighted by atomic mass is 32.2. The van der Waals surface area contributed by atoms with E-state index in [0.717, 1.165) is 59.6 Å². The van der Waals surface area contributed by atoms with Crippen LogP contribution in [-0.4, -0.2) is 63.8 Å². The maximum absolute atomic E-state index is 12.7. The Balaban J connectivity index is 1.43. The number of piperazine rings is 1. The largest absolute Gasteiger partial charge is 0.481 e. The van der Waals surface area contributed by atoms with Crippen LogP contribution >= 0.6 is 23.1 Å². The summed E-state index contributed by atoms with van der Waals surface area (Å²) in [5.41, 5.74) is 0. The van der Waals surface area contributed by atoms with E-state index in [1.165, 1.54) is 30.6 Å². The van der Waals surface area contributed by atoms with E-state index in [4.69, 9.17) is 10.1 Å². The maximum atomic E-state index is 12.7. The zero-order valence-electron chi connectivity index (χ0n) is 18.0. The van der Waals surface area contributed by atoms with Gasteiger partial charge in [-0.15, -0.1) is 11.3 Å². The molecule has 0 unspecified atom stereocenters. The van der Waals surface area contributed by atoms with Crippen LogP contribution in [0.15, 0.2) is 11.2 Å². The lowest BCUT2D eigenvalue weighted by atomic mass is 10.0. The van der Waals surface area contributed by atoms with Crippen LogP contribution < -0.4 is 4.90 Å². The minimum Gasteiger partial charge on any atom is -0.481 e. The summed E-state index contributed by atoms with van der Waals surface area (Å²) in [6, 6.07) is 2.15. The van der Waals surface area contributed by atoms with Crippen molar-refractivity contribution in [1.29, 1.82) is 0 Å². The minimum absolute atomic E-state index is 0.0553. The third kappa shape index (κ3) is 5.49. The van der Waals surface area contributed by atoms with E-state index in [0.29, 0.717) is 24.7 Å². The zero-order valence-corrected chi connectivity index (χ0v) is 19.6. The quantitative estimate of drug-likeness (QED) is 0.468. The number of rotatable bonds is 8. The molecule has 1 saturated heterocycles. The van der Waals surface area contributed by atoms with Crippen molar-refractivity contribution < 1.29 is 14.7 Å². The summed E-state index contributed by atoms with van der Waals surface area (Å²) in [6.45, 7) is 5.01. The summed E-state index contributed by atoms with van der Waals surface area (Å²) in [7, 11) is 0. The van der Waals surface area contributed by atoms with Crippen molar-refractivity contribution in [1.82, 2.24) is 14.9 Å². The number of aromatic nitrogens is 2. The second-order valence-corrected chi connectivity index (χ2v) is 10.4. The summed E-state index contributed by atoms with van der Waals surface area (Å²) in [6.07, 6.45) is 7.84. The molecule has 4 rings (SSSR count). The molecule has 2 aliphatic rings. The van der Waals surface area contributed by atoms with Gasteiger partial charge in [0.1, 0.15) is 10.6 Å². The molecule has 1 amide bonds. The molecule has 0 aromatic carbocycles. The molecule has 2 aromatic heterocycles. The molecular weight excluding hydrogens is 432 g/mol. The van der Waals surface area contributed by atoms with E-state index in [2.05, 4.69) is 22.9 Å². The molecule has 2 aromatic rings. The molecule has 1 aliphatic carbocycles. The number of carbonyl (C=O) groups is 2. The highest BCUT2D eigenvalue weighted by Crippen LogP contribution is 2.34. The topological polar surface area (TPSA) is 86.6 Å². The fourth-order valence-electron chi connectivity index (χ4n) is 4.50. The normalized spacial score (nSPS) is 17.6. The van der Waals surface area contributed by atoms with Crippen molar-refractivity contribution in [2.24, 2.45) is 5.92 Å². The van der Waals surface area contributed by atoms with E-state index in [1.807, 2.05) is 4.90 Å². The summed E-state index contributed by atoms with van der Waals surface area (Å²) >= 11 is 2.80. The molecule has 1 N–H and O–H groups in total. The molecule has 1 saturated carbocycles. The van der Waals surface area contributed by atoms with Crippen molar-refractivity contribution in [3.05, 3.63) is 10.9 Å². The van der Waals surface area contributed by atoms with Gasteiger partial charge in [-0.2, -0.15) is 0 Å². The number of hydrogen-bond donors (Lipinski definition) is 1. The number of aliphatic carboxylic acids is 1. The highest BCUT2D eigenvalue weighted by Gasteiger charge is 2.25. The predicted molar refractivity (Wildman–Crippen MR) is 125 cm³/mol. The van der Waals surface area contributed by atoms with E-state index in [-0.39, 0.29) is 11.7 Å². The minimum atomic E-state index is -0.875. The molecule has 3 heterocycles. The fraction of sp³-hybridized carbons (Fsp3) is 0.636. The third-order valence-electron chi connectivity index (χ3n) is 6.25. The van der Waals surface area contributed by atoms with E-state index in [9.17, 15) is 9.59 Å². The zero-order chi connectivity index (χ0) is 21.8. The fourth-order valence-corrected chi connectivity index (χ4v) is 6.07. The van der Waals surface area contributed by atoms with Crippen LogP contribution in [0.25, 0.3) is 10.2 Å². The number of aryl methyl sites for hydroxylation is 1. The highest BCUT2D eigenvalue weighted by molar-refractivity contribution is 7.99. The van der Waals surface area contributed by atoms with Gasteiger partial charge in [0.15, 0.2) is 5.16 Å². The van der Waals surface area contributed by atoms with Gasteiger partial charge < -0.3 is 14.9 Å². The molecule has 31 heavy (non-hydrogen) atoms. The van der Waals surface area contributed by atoms with Gasteiger partial charge in [-0.25, -0.2) is 9.97 Å². The first-order valence-electron chi connectivity index (χ1n) is 11.2. The third-order valence-corrected chi connectivity index (χ3v) is 8.25. The average Bonchev–Trinajstić information content (AvgIpc) is 3.45. The Kier molecular flexibility index (Phi) is 7.32. The Morgan fingerprint density at radius 2 is 1.94 bits per heavy atom. The van der Waals surface area contributed by atoms with E-state index in [1.54, 1.807) is 11.3 Å². The van der Waals surface area contributed by atoms with Gasteiger partial charge in [0, 0.05) is 37.5 Å². The summed E-state index contributed by atoms with van der Waals surface area (Å²) < 4.78 is 0. The predicted octanol–water partition coefficient (Wildman–Crippen LogP) is 4.05. The summed E-state index contributed by atoms with van der Waals surface area (Å²) in [5.74, 6) is 0.959. The molecule has 2 fully saturated rings. The first-order chi connectivity index (χ1) is 15.0. The molecular formula is C22H30N4O3S2. The lowest BCUT2D eigenvalue weighted by Gasteiger charge is -2.36. The van der Waals surface area contributed by atoms with Crippen molar-refractivity contribution in [3.63, 3.8) is 0 Å². The van der Waals surface area contributed by atoms with E-state index < -0.39 is 5.97 Å². The van der Waals surface area contributed by atoms with Crippen LogP contribution in [0.4, 0.5) is 5.82 Å². The number of nitrogens with zero attached hydrogens (tertiary/aromatic N) is 4. The van der Waals surface area contributed by atoms with Gasteiger partial charge in [-0.3, -0.25) is 9.59 Å². The smallest absolute Gasteiger partial charge is 0.313 e. The number of fused-ring (bicyclic) bond motifs is 1. The van der Waals surface area contributed by atoms with Crippen LogP contribution in [0.2, 0.25) is 0 Å². The van der Waals surface area contributed by atoms with Gasteiger partial charge >= 0.3 is 5.97 Å². The molecule has 0 bridgehead atoms.